The highest BCUT2D eigenvalue weighted by Gasteiger charge is 2.10. The smallest absolute Gasteiger partial charge is 0.248 e. The third-order valence-electron chi connectivity index (χ3n) is 7.54. The molecule has 0 aliphatic heterocycles. The number of hydrogen-bond acceptors (Lipinski definition) is 3. The van der Waals surface area contributed by atoms with Gasteiger partial charge in [0.2, 0.25) is 11.8 Å². The molecule has 1 heterocycles. The van der Waals surface area contributed by atoms with Crippen LogP contribution >= 0.6 is 15.9 Å². The van der Waals surface area contributed by atoms with Gasteiger partial charge in [0.1, 0.15) is 0 Å². The number of halogens is 1. The van der Waals surface area contributed by atoms with Gasteiger partial charge in [-0.25, -0.2) is 0 Å². The molecule has 3 aromatic rings. The van der Waals surface area contributed by atoms with Crippen LogP contribution < -0.4 is 0 Å². The molecular formula is C34H49BrN2O. The Labute approximate surface area is 240 Å². The van der Waals surface area contributed by atoms with Crippen molar-refractivity contribution in [1.29, 1.82) is 0 Å². The average molecular weight is 582 g/mol. The van der Waals surface area contributed by atoms with Crippen molar-refractivity contribution in [2.75, 3.05) is 0 Å². The summed E-state index contributed by atoms with van der Waals surface area (Å²) in [5, 5.41) is 8.45. The second-order valence-corrected chi connectivity index (χ2v) is 11.8. The van der Waals surface area contributed by atoms with E-state index in [0.29, 0.717) is 11.8 Å². The van der Waals surface area contributed by atoms with Gasteiger partial charge in [-0.2, -0.15) is 0 Å². The van der Waals surface area contributed by atoms with E-state index in [9.17, 15) is 0 Å². The molecule has 0 saturated heterocycles. The van der Waals surface area contributed by atoms with E-state index in [0.717, 1.165) is 22.0 Å². The predicted octanol–water partition coefficient (Wildman–Crippen LogP) is 11.8. The van der Waals surface area contributed by atoms with Crippen molar-refractivity contribution in [2.45, 2.75) is 129 Å². The minimum atomic E-state index is 0.551. The Morgan fingerprint density at radius 2 is 0.868 bits per heavy atom. The molecule has 3 rings (SSSR count). The highest BCUT2D eigenvalue weighted by Crippen LogP contribution is 2.25. The van der Waals surface area contributed by atoms with Gasteiger partial charge in [-0.3, -0.25) is 0 Å². The first kappa shape index (κ1) is 30.6. The molecule has 0 N–H and O–H groups in total. The zero-order chi connectivity index (χ0) is 26.7. The summed E-state index contributed by atoms with van der Waals surface area (Å²) in [4.78, 5) is 0. The van der Waals surface area contributed by atoms with Crippen molar-refractivity contribution in [3.8, 4) is 22.9 Å². The van der Waals surface area contributed by atoms with E-state index >= 15 is 0 Å². The lowest BCUT2D eigenvalue weighted by atomic mass is 10.0. The Hall–Kier alpha value is -1.94. The van der Waals surface area contributed by atoms with Crippen LogP contribution in [0.5, 0.6) is 0 Å². The molecule has 3 nitrogen and oxygen atoms in total. The fourth-order valence-corrected chi connectivity index (χ4v) is 5.36. The van der Waals surface area contributed by atoms with E-state index in [1.807, 2.05) is 24.3 Å². The standard InChI is InChI=1S/C34H49BrN2O/c1-2-3-4-5-6-7-8-9-10-11-12-13-14-15-16-17-18-19-20-29-21-23-30(24-22-29)33-36-37-34(38-33)31-25-27-32(35)28-26-31/h21-28H,2-20H2,1H3. The molecule has 0 spiro atoms. The first-order chi connectivity index (χ1) is 18.8. The third kappa shape index (κ3) is 12.3. The summed E-state index contributed by atoms with van der Waals surface area (Å²) in [5.41, 5.74) is 3.29. The molecule has 208 valence electrons. The van der Waals surface area contributed by atoms with Crippen LogP contribution in [-0.2, 0) is 6.42 Å². The van der Waals surface area contributed by atoms with E-state index in [1.165, 1.54) is 121 Å². The Morgan fingerprint density at radius 1 is 0.500 bits per heavy atom. The maximum atomic E-state index is 5.90. The van der Waals surface area contributed by atoms with Crippen molar-refractivity contribution < 1.29 is 4.42 Å². The minimum Gasteiger partial charge on any atom is -0.416 e. The fourth-order valence-electron chi connectivity index (χ4n) is 5.09. The lowest BCUT2D eigenvalue weighted by Crippen LogP contribution is -1.87. The number of rotatable bonds is 21. The van der Waals surface area contributed by atoms with Gasteiger partial charge < -0.3 is 4.42 Å². The quantitative estimate of drug-likeness (QED) is 0.117. The van der Waals surface area contributed by atoms with Crippen molar-refractivity contribution in [3.05, 3.63) is 58.6 Å². The minimum absolute atomic E-state index is 0.551. The predicted molar refractivity (Wildman–Crippen MR) is 165 cm³/mol. The fraction of sp³-hybridized carbons (Fsp3) is 0.588. The molecule has 0 aliphatic rings. The normalized spacial score (nSPS) is 11.3. The van der Waals surface area contributed by atoms with Gasteiger partial charge in [-0.1, -0.05) is 144 Å². The summed E-state index contributed by atoms with van der Waals surface area (Å²) in [6.45, 7) is 2.30. The second-order valence-electron chi connectivity index (χ2n) is 10.9. The molecule has 1 aromatic heterocycles. The van der Waals surface area contributed by atoms with Gasteiger partial charge in [0.15, 0.2) is 0 Å². The van der Waals surface area contributed by atoms with Gasteiger partial charge in [0.25, 0.3) is 0 Å². The topological polar surface area (TPSA) is 38.9 Å². The van der Waals surface area contributed by atoms with Crippen LogP contribution in [0.1, 0.15) is 128 Å². The van der Waals surface area contributed by atoms with E-state index in [-0.39, 0.29) is 0 Å². The van der Waals surface area contributed by atoms with Crippen LogP contribution in [0.4, 0.5) is 0 Å². The number of benzene rings is 2. The third-order valence-corrected chi connectivity index (χ3v) is 8.06. The summed E-state index contributed by atoms with van der Waals surface area (Å²) in [5.74, 6) is 1.12. The van der Waals surface area contributed by atoms with Gasteiger partial charge in [0, 0.05) is 15.6 Å². The number of nitrogens with zero attached hydrogens (tertiary/aromatic N) is 2. The van der Waals surface area contributed by atoms with Crippen LogP contribution in [0.2, 0.25) is 0 Å². The first-order valence-electron chi connectivity index (χ1n) is 15.4. The highest BCUT2D eigenvalue weighted by molar-refractivity contribution is 9.10. The van der Waals surface area contributed by atoms with Gasteiger partial charge in [0.05, 0.1) is 0 Å². The Morgan fingerprint density at radius 3 is 1.29 bits per heavy atom. The first-order valence-corrected chi connectivity index (χ1v) is 16.2. The zero-order valence-electron chi connectivity index (χ0n) is 23.7. The average Bonchev–Trinajstić information content (AvgIpc) is 3.43. The number of hydrogen-bond donors (Lipinski definition) is 0. The van der Waals surface area contributed by atoms with Crippen molar-refractivity contribution >= 4 is 15.9 Å². The molecule has 0 fully saturated rings. The van der Waals surface area contributed by atoms with E-state index in [4.69, 9.17) is 4.42 Å². The van der Waals surface area contributed by atoms with E-state index < -0.39 is 0 Å². The summed E-state index contributed by atoms with van der Waals surface area (Å²) in [7, 11) is 0. The Kier molecular flexibility index (Phi) is 15.4. The van der Waals surface area contributed by atoms with E-state index in [2.05, 4.69) is 57.3 Å². The monoisotopic (exact) mass is 580 g/mol. The molecule has 2 aromatic carbocycles. The maximum Gasteiger partial charge on any atom is 0.248 e. The van der Waals surface area contributed by atoms with Gasteiger partial charge >= 0.3 is 0 Å². The molecule has 0 atom stereocenters. The molecule has 38 heavy (non-hydrogen) atoms. The number of aryl methyl sites for hydroxylation is 1. The molecule has 0 saturated carbocycles. The maximum absolute atomic E-state index is 5.90. The molecule has 0 bridgehead atoms. The van der Waals surface area contributed by atoms with Crippen molar-refractivity contribution in [3.63, 3.8) is 0 Å². The van der Waals surface area contributed by atoms with E-state index in [1.54, 1.807) is 0 Å². The van der Waals surface area contributed by atoms with Crippen LogP contribution in [0.25, 0.3) is 22.9 Å². The number of unbranched alkanes of at least 4 members (excludes halogenated alkanes) is 17. The summed E-state index contributed by atoms with van der Waals surface area (Å²) < 4.78 is 6.93. The Bertz CT molecular complexity index is 980. The summed E-state index contributed by atoms with van der Waals surface area (Å²) in [6.07, 6.45) is 26.7. The SMILES string of the molecule is CCCCCCCCCCCCCCCCCCCCc1ccc(-c2nnc(-c3ccc(Br)cc3)o2)cc1. The highest BCUT2D eigenvalue weighted by atomic mass is 79.9. The largest absolute Gasteiger partial charge is 0.416 e. The van der Waals surface area contributed by atoms with Crippen LogP contribution in [-0.4, -0.2) is 10.2 Å². The molecule has 0 unspecified atom stereocenters. The summed E-state index contributed by atoms with van der Waals surface area (Å²) >= 11 is 3.46. The summed E-state index contributed by atoms with van der Waals surface area (Å²) in [6, 6.07) is 16.5. The molecule has 0 amide bonds. The van der Waals surface area contributed by atoms with Crippen LogP contribution in [0, 0.1) is 0 Å². The zero-order valence-corrected chi connectivity index (χ0v) is 25.3. The van der Waals surface area contributed by atoms with Crippen molar-refractivity contribution in [2.24, 2.45) is 0 Å². The Balaban J connectivity index is 1.15. The lowest BCUT2D eigenvalue weighted by Gasteiger charge is -2.04. The molecule has 0 aliphatic carbocycles. The van der Waals surface area contributed by atoms with Crippen LogP contribution in [0.3, 0.4) is 0 Å². The molecule has 0 radical (unpaired) electrons. The lowest BCUT2D eigenvalue weighted by molar-refractivity contribution is 0.525. The van der Waals surface area contributed by atoms with Crippen LogP contribution in [0.15, 0.2) is 57.4 Å². The van der Waals surface area contributed by atoms with Gasteiger partial charge in [-0.05, 0) is 54.8 Å². The van der Waals surface area contributed by atoms with Crippen molar-refractivity contribution in [1.82, 2.24) is 10.2 Å². The molecular weight excluding hydrogens is 532 g/mol. The second kappa shape index (κ2) is 19.2. The molecule has 4 heteroatoms. The van der Waals surface area contributed by atoms with Gasteiger partial charge in [-0.15, -0.1) is 10.2 Å². The number of aromatic nitrogens is 2.